The SMILES string of the molecule is Fc1ccc(-c2cc(-c3ccc(-c4ccccc4)cc3)ccn2)c(F)c1. The van der Waals surface area contributed by atoms with E-state index >= 15 is 0 Å². The molecule has 0 N–H and O–H groups in total. The summed E-state index contributed by atoms with van der Waals surface area (Å²) in [6.07, 6.45) is 1.64. The molecule has 4 aromatic rings. The summed E-state index contributed by atoms with van der Waals surface area (Å²) in [4.78, 5) is 4.23. The van der Waals surface area contributed by atoms with E-state index in [-0.39, 0.29) is 5.56 Å². The molecule has 3 aromatic carbocycles. The summed E-state index contributed by atoms with van der Waals surface area (Å²) in [5.41, 5.74) is 4.99. The Morgan fingerprint density at radius 2 is 1.23 bits per heavy atom. The average molecular weight is 343 g/mol. The van der Waals surface area contributed by atoms with Crippen molar-refractivity contribution in [2.24, 2.45) is 0 Å². The number of aromatic nitrogens is 1. The van der Waals surface area contributed by atoms with Crippen LogP contribution in [-0.4, -0.2) is 4.98 Å². The molecule has 1 nitrogen and oxygen atoms in total. The second-order valence-corrected chi connectivity index (χ2v) is 6.00. The van der Waals surface area contributed by atoms with Gasteiger partial charge in [-0.1, -0.05) is 54.6 Å². The first-order valence-electron chi connectivity index (χ1n) is 8.28. The van der Waals surface area contributed by atoms with Gasteiger partial charge in [0.25, 0.3) is 0 Å². The predicted molar refractivity (Wildman–Crippen MR) is 100 cm³/mol. The maximum Gasteiger partial charge on any atom is 0.135 e. The summed E-state index contributed by atoms with van der Waals surface area (Å²) in [6.45, 7) is 0. The lowest BCUT2D eigenvalue weighted by molar-refractivity contribution is 0.585. The summed E-state index contributed by atoms with van der Waals surface area (Å²) >= 11 is 0. The van der Waals surface area contributed by atoms with Gasteiger partial charge in [-0.15, -0.1) is 0 Å². The largest absolute Gasteiger partial charge is 0.256 e. The molecular weight excluding hydrogens is 328 g/mol. The molecule has 1 aromatic heterocycles. The number of nitrogens with zero attached hydrogens (tertiary/aromatic N) is 1. The van der Waals surface area contributed by atoms with Crippen molar-refractivity contribution in [2.75, 3.05) is 0 Å². The molecule has 0 fully saturated rings. The summed E-state index contributed by atoms with van der Waals surface area (Å²) in [7, 11) is 0. The van der Waals surface area contributed by atoms with Crippen LogP contribution in [0.15, 0.2) is 91.1 Å². The molecular formula is C23H15F2N. The van der Waals surface area contributed by atoms with E-state index in [1.165, 1.54) is 12.1 Å². The highest BCUT2D eigenvalue weighted by molar-refractivity contribution is 5.73. The molecule has 0 bridgehead atoms. The van der Waals surface area contributed by atoms with Crippen LogP contribution in [-0.2, 0) is 0 Å². The van der Waals surface area contributed by atoms with E-state index in [0.29, 0.717) is 5.69 Å². The Morgan fingerprint density at radius 3 is 1.92 bits per heavy atom. The van der Waals surface area contributed by atoms with E-state index in [4.69, 9.17) is 0 Å². The third kappa shape index (κ3) is 3.24. The van der Waals surface area contributed by atoms with Gasteiger partial charge in [0.05, 0.1) is 5.69 Å². The Morgan fingerprint density at radius 1 is 0.577 bits per heavy atom. The van der Waals surface area contributed by atoms with Gasteiger partial charge in [0.1, 0.15) is 11.6 Å². The molecule has 126 valence electrons. The molecule has 0 unspecified atom stereocenters. The standard InChI is InChI=1S/C23H15F2N/c24-20-10-11-21(22(25)15-20)23-14-19(12-13-26-23)18-8-6-17(7-9-18)16-4-2-1-3-5-16/h1-15H. The fourth-order valence-electron chi connectivity index (χ4n) is 2.94. The van der Waals surface area contributed by atoms with Gasteiger partial charge in [-0.05, 0) is 46.5 Å². The monoisotopic (exact) mass is 343 g/mol. The van der Waals surface area contributed by atoms with Gasteiger partial charge in [0.15, 0.2) is 0 Å². The minimum atomic E-state index is -0.617. The number of benzene rings is 3. The topological polar surface area (TPSA) is 12.9 Å². The van der Waals surface area contributed by atoms with Crippen LogP contribution in [0.25, 0.3) is 33.5 Å². The van der Waals surface area contributed by atoms with Crippen molar-refractivity contribution in [1.29, 1.82) is 0 Å². The average Bonchev–Trinajstić information content (AvgIpc) is 2.69. The first kappa shape index (κ1) is 16.2. The van der Waals surface area contributed by atoms with Crippen molar-refractivity contribution >= 4 is 0 Å². The lowest BCUT2D eigenvalue weighted by Crippen LogP contribution is -1.90. The van der Waals surface area contributed by atoms with Crippen molar-refractivity contribution in [1.82, 2.24) is 4.98 Å². The first-order valence-corrected chi connectivity index (χ1v) is 8.28. The van der Waals surface area contributed by atoms with E-state index in [2.05, 4.69) is 29.2 Å². The van der Waals surface area contributed by atoms with Gasteiger partial charge in [0, 0.05) is 17.8 Å². The molecule has 4 rings (SSSR count). The Bertz CT molecular complexity index is 1040. The number of rotatable bonds is 3. The summed E-state index contributed by atoms with van der Waals surface area (Å²) in [5.74, 6) is -1.21. The minimum absolute atomic E-state index is 0.286. The number of halogens is 2. The normalized spacial score (nSPS) is 10.7. The maximum atomic E-state index is 14.0. The van der Waals surface area contributed by atoms with E-state index in [0.717, 1.165) is 28.3 Å². The van der Waals surface area contributed by atoms with Gasteiger partial charge in [-0.25, -0.2) is 8.78 Å². The molecule has 3 heteroatoms. The Kier molecular flexibility index (Phi) is 4.28. The Labute approximate surface area is 150 Å². The van der Waals surface area contributed by atoms with Crippen LogP contribution >= 0.6 is 0 Å². The van der Waals surface area contributed by atoms with Crippen molar-refractivity contribution in [3.63, 3.8) is 0 Å². The Hall–Kier alpha value is -3.33. The smallest absolute Gasteiger partial charge is 0.135 e. The van der Waals surface area contributed by atoms with Crippen LogP contribution < -0.4 is 0 Å². The lowest BCUT2D eigenvalue weighted by atomic mass is 9.99. The van der Waals surface area contributed by atoms with Crippen LogP contribution in [0, 0.1) is 11.6 Å². The number of hydrogen-bond acceptors (Lipinski definition) is 1. The van der Waals surface area contributed by atoms with Crippen molar-refractivity contribution in [3.05, 3.63) is 103 Å². The van der Waals surface area contributed by atoms with E-state index in [1.807, 2.05) is 42.5 Å². The molecule has 1 heterocycles. The highest BCUT2D eigenvalue weighted by atomic mass is 19.1. The third-order valence-electron chi connectivity index (χ3n) is 4.29. The van der Waals surface area contributed by atoms with Crippen LogP contribution in [0.2, 0.25) is 0 Å². The van der Waals surface area contributed by atoms with Crippen molar-refractivity contribution < 1.29 is 8.78 Å². The molecule has 0 radical (unpaired) electrons. The van der Waals surface area contributed by atoms with Crippen LogP contribution in [0.1, 0.15) is 0 Å². The predicted octanol–water partition coefficient (Wildman–Crippen LogP) is 6.36. The highest BCUT2D eigenvalue weighted by Gasteiger charge is 2.09. The molecule has 0 amide bonds. The molecule has 26 heavy (non-hydrogen) atoms. The van der Waals surface area contributed by atoms with E-state index in [9.17, 15) is 8.78 Å². The van der Waals surface area contributed by atoms with Gasteiger partial charge in [-0.2, -0.15) is 0 Å². The van der Waals surface area contributed by atoms with Crippen LogP contribution in [0.3, 0.4) is 0 Å². The third-order valence-corrected chi connectivity index (χ3v) is 4.29. The fraction of sp³-hybridized carbons (Fsp3) is 0. The van der Waals surface area contributed by atoms with E-state index < -0.39 is 11.6 Å². The summed E-state index contributed by atoms with van der Waals surface area (Å²) in [6, 6.07) is 25.5. The maximum absolute atomic E-state index is 14.0. The number of pyridine rings is 1. The molecule has 0 saturated carbocycles. The van der Waals surface area contributed by atoms with Crippen LogP contribution in [0.4, 0.5) is 8.78 Å². The summed E-state index contributed by atoms with van der Waals surface area (Å²) < 4.78 is 27.2. The second-order valence-electron chi connectivity index (χ2n) is 6.00. The zero-order valence-corrected chi connectivity index (χ0v) is 13.9. The second kappa shape index (κ2) is 6.89. The van der Waals surface area contributed by atoms with Gasteiger partial charge in [-0.3, -0.25) is 4.98 Å². The molecule has 0 spiro atoms. The highest BCUT2D eigenvalue weighted by Crippen LogP contribution is 2.28. The molecule has 0 aliphatic heterocycles. The van der Waals surface area contributed by atoms with Gasteiger partial charge in [0.2, 0.25) is 0 Å². The van der Waals surface area contributed by atoms with Crippen molar-refractivity contribution in [2.45, 2.75) is 0 Å². The first-order chi connectivity index (χ1) is 12.7. The van der Waals surface area contributed by atoms with Crippen LogP contribution in [0.5, 0.6) is 0 Å². The zero-order valence-electron chi connectivity index (χ0n) is 13.9. The lowest BCUT2D eigenvalue weighted by Gasteiger charge is -2.08. The van der Waals surface area contributed by atoms with Gasteiger partial charge >= 0.3 is 0 Å². The van der Waals surface area contributed by atoms with Crippen molar-refractivity contribution in [3.8, 4) is 33.5 Å². The molecule has 0 saturated heterocycles. The van der Waals surface area contributed by atoms with Gasteiger partial charge < -0.3 is 0 Å². The summed E-state index contributed by atoms with van der Waals surface area (Å²) in [5, 5.41) is 0. The quantitative estimate of drug-likeness (QED) is 0.422. The van der Waals surface area contributed by atoms with E-state index in [1.54, 1.807) is 6.20 Å². The fourth-order valence-corrected chi connectivity index (χ4v) is 2.94. The Balaban J connectivity index is 1.68. The molecule has 0 aliphatic rings. The molecule has 0 atom stereocenters. The zero-order chi connectivity index (χ0) is 17.9. The minimum Gasteiger partial charge on any atom is -0.256 e. The molecule has 0 aliphatic carbocycles. The number of hydrogen-bond donors (Lipinski definition) is 0.